The van der Waals surface area contributed by atoms with E-state index in [0.717, 1.165) is 6.42 Å². The van der Waals surface area contributed by atoms with Gasteiger partial charge in [0.05, 0.1) is 0 Å². The van der Waals surface area contributed by atoms with Crippen LogP contribution in [0.1, 0.15) is 52.4 Å². The highest BCUT2D eigenvalue weighted by molar-refractivity contribution is 5.84. The van der Waals surface area contributed by atoms with Crippen LogP contribution in [-0.4, -0.2) is 30.7 Å². The highest BCUT2D eigenvalue weighted by Crippen LogP contribution is 1.94. The Morgan fingerprint density at radius 1 is 0.833 bits per heavy atom. The molecule has 0 rings (SSSR count). The summed E-state index contributed by atoms with van der Waals surface area (Å²) < 4.78 is 0. The fraction of sp³-hybridized carbons (Fsp3) is 0.769. The van der Waals surface area contributed by atoms with Gasteiger partial charge in [0.1, 0.15) is 5.78 Å². The lowest BCUT2D eigenvalue weighted by atomic mass is 10.2. The molecule has 0 aliphatic rings. The van der Waals surface area contributed by atoms with Crippen molar-refractivity contribution in [2.45, 2.75) is 52.4 Å². The van der Waals surface area contributed by atoms with Gasteiger partial charge in [-0.25, -0.2) is 0 Å². The average molecular weight is 256 g/mol. The molecule has 0 unspecified atom stereocenters. The number of carbonyl (C=O) groups excluding carboxylic acids is 3. The summed E-state index contributed by atoms with van der Waals surface area (Å²) in [6.45, 7) is 4.86. The second-order valence-corrected chi connectivity index (χ2v) is 4.20. The topological polar surface area (TPSA) is 75.3 Å². The van der Waals surface area contributed by atoms with Gasteiger partial charge in [0.15, 0.2) is 0 Å². The van der Waals surface area contributed by atoms with Gasteiger partial charge in [-0.05, 0) is 12.8 Å². The van der Waals surface area contributed by atoms with E-state index >= 15 is 0 Å². The van der Waals surface area contributed by atoms with E-state index in [9.17, 15) is 14.4 Å². The third-order valence-electron chi connectivity index (χ3n) is 2.50. The van der Waals surface area contributed by atoms with Crippen LogP contribution < -0.4 is 10.6 Å². The summed E-state index contributed by atoms with van der Waals surface area (Å²) in [6, 6.07) is 0. The number of rotatable bonds is 10. The first kappa shape index (κ1) is 16.6. The molecule has 5 heteroatoms. The number of carbonyl (C=O) groups is 3. The van der Waals surface area contributed by atoms with Crippen LogP contribution in [0.25, 0.3) is 0 Å². The van der Waals surface area contributed by atoms with E-state index in [-0.39, 0.29) is 24.0 Å². The van der Waals surface area contributed by atoms with Crippen LogP contribution in [0.5, 0.6) is 0 Å². The molecular weight excluding hydrogens is 232 g/mol. The molecule has 18 heavy (non-hydrogen) atoms. The van der Waals surface area contributed by atoms with Crippen molar-refractivity contribution in [3.05, 3.63) is 0 Å². The minimum atomic E-state index is -0.100. The van der Waals surface area contributed by atoms with E-state index < -0.39 is 0 Å². The summed E-state index contributed by atoms with van der Waals surface area (Å²) in [6.07, 6.45) is 3.16. The Morgan fingerprint density at radius 3 is 1.89 bits per heavy atom. The van der Waals surface area contributed by atoms with E-state index in [4.69, 9.17) is 0 Å². The van der Waals surface area contributed by atoms with E-state index in [1.54, 1.807) is 6.92 Å². The molecule has 0 aliphatic heterocycles. The van der Waals surface area contributed by atoms with Crippen LogP contribution in [0.4, 0.5) is 0 Å². The smallest absolute Gasteiger partial charge is 0.220 e. The monoisotopic (exact) mass is 256 g/mol. The van der Waals surface area contributed by atoms with Crippen molar-refractivity contribution in [3.63, 3.8) is 0 Å². The minimum absolute atomic E-state index is 0.0531. The Kier molecular flexibility index (Phi) is 9.91. The van der Waals surface area contributed by atoms with Crippen molar-refractivity contribution in [3.8, 4) is 0 Å². The molecule has 0 atom stereocenters. The molecular formula is C13H24N2O3. The van der Waals surface area contributed by atoms with Gasteiger partial charge in [0.2, 0.25) is 11.8 Å². The highest BCUT2D eigenvalue weighted by atomic mass is 16.2. The van der Waals surface area contributed by atoms with Crippen LogP contribution in [0.2, 0.25) is 0 Å². The van der Waals surface area contributed by atoms with E-state index in [2.05, 4.69) is 10.6 Å². The van der Waals surface area contributed by atoms with Gasteiger partial charge in [0.25, 0.3) is 0 Å². The molecule has 0 fully saturated rings. The largest absolute Gasteiger partial charge is 0.356 e. The zero-order chi connectivity index (χ0) is 13.8. The van der Waals surface area contributed by atoms with Crippen molar-refractivity contribution < 1.29 is 14.4 Å². The summed E-state index contributed by atoms with van der Waals surface area (Å²) in [5.41, 5.74) is 0. The summed E-state index contributed by atoms with van der Waals surface area (Å²) in [5, 5.41) is 5.50. The zero-order valence-electron chi connectivity index (χ0n) is 11.4. The number of nitrogens with one attached hydrogen (secondary N) is 2. The fourth-order valence-electron chi connectivity index (χ4n) is 1.38. The molecule has 2 N–H and O–H groups in total. The standard InChI is InChI=1S/C13H24N2O3/c1-3-6-12(17)14-9-5-10-15-13(18)8-7-11(16)4-2/h3-10H2,1-2H3,(H,14,17)(H,15,18). The van der Waals surface area contributed by atoms with Crippen LogP contribution in [0, 0.1) is 0 Å². The van der Waals surface area contributed by atoms with E-state index in [1.165, 1.54) is 0 Å². The Morgan fingerprint density at radius 2 is 1.39 bits per heavy atom. The first-order valence-corrected chi connectivity index (χ1v) is 6.65. The Labute approximate surface area is 109 Å². The van der Waals surface area contributed by atoms with Crippen molar-refractivity contribution >= 4 is 17.6 Å². The molecule has 0 radical (unpaired) electrons. The SMILES string of the molecule is CCCC(=O)NCCCNC(=O)CCC(=O)CC. The predicted molar refractivity (Wildman–Crippen MR) is 70.1 cm³/mol. The lowest BCUT2D eigenvalue weighted by molar-refractivity contribution is -0.125. The maximum Gasteiger partial charge on any atom is 0.220 e. The normalized spacial score (nSPS) is 9.89. The van der Waals surface area contributed by atoms with Crippen molar-refractivity contribution in [2.75, 3.05) is 13.1 Å². The maximum absolute atomic E-state index is 11.3. The molecule has 5 nitrogen and oxygen atoms in total. The lowest BCUT2D eigenvalue weighted by Gasteiger charge is -2.06. The van der Waals surface area contributed by atoms with Crippen molar-refractivity contribution in [2.24, 2.45) is 0 Å². The molecule has 2 amide bonds. The number of amides is 2. The fourth-order valence-corrected chi connectivity index (χ4v) is 1.38. The van der Waals surface area contributed by atoms with E-state index in [0.29, 0.717) is 38.8 Å². The maximum atomic E-state index is 11.3. The molecule has 0 saturated heterocycles. The van der Waals surface area contributed by atoms with Gasteiger partial charge in [-0.2, -0.15) is 0 Å². The minimum Gasteiger partial charge on any atom is -0.356 e. The zero-order valence-corrected chi connectivity index (χ0v) is 11.4. The molecule has 0 saturated carbocycles. The molecule has 104 valence electrons. The second kappa shape index (κ2) is 10.7. The molecule has 0 heterocycles. The van der Waals surface area contributed by atoms with Crippen LogP contribution in [0.15, 0.2) is 0 Å². The molecule has 0 spiro atoms. The van der Waals surface area contributed by atoms with Gasteiger partial charge in [-0.1, -0.05) is 13.8 Å². The number of ketones is 1. The molecule has 0 aliphatic carbocycles. The van der Waals surface area contributed by atoms with Crippen LogP contribution in [0.3, 0.4) is 0 Å². The lowest BCUT2D eigenvalue weighted by Crippen LogP contribution is -2.29. The van der Waals surface area contributed by atoms with Crippen molar-refractivity contribution in [1.82, 2.24) is 10.6 Å². The number of hydrogen-bond acceptors (Lipinski definition) is 3. The Bertz CT molecular complexity index is 277. The molecule has 0 aromatic rings. The third-order valence-corrected chi connectivity index (χ3v) is 2.50. The molecule has 0 bridgehead atoms. The van der Waals surface area contributed by atoms with Gasteiger partial charge in [-0.3, -0.25) is 14.4 Å². The first-order chi connectivity index (χ1) is 8.60. The van der Waals surface area contributed by atoms with Gasteiger partial charge in [0, 0.05) is 38.8 Å². The van der Waals surface area contributed by atoms with Gasteiger partial charge >= 0.3 is 0 Å². The quantitative estimate of drug-likeness (QED) is 0.576. The summed E-state index contributed by atoms with van der Waals surface area (Å²) >= 11 is 0. The van der Waals surface area contributed by atoms with Crippen LogP contribution >= 0.6 is 0 Å². The van der Waals surface area contributed by atoms with Crippen molar-refractivity contribution in [1.29, 1.82) is 0 Å². The van der Waals surface area contributed by atoms with E-state index in [1.807, 2.05) is 6.92 Å². The number of Topliss-reactive ketones (excluding diaryl/α,β-unsaturated/α-hetero) is 1. The van der Waals surface area contributed by atoms with Gasteiger partial charge in [-0.15, -0.1) is 0 Å². The summed E-state index contributed by atoms with van der Waals surface area (Å²) in [7, 11) is 0. The summed E-state index contributed by atoms with van der Waals surface area (Å²) in [4.78, 5) is 33.4. The summed E-state index contributed by atoms with van der Waals surface area (Å²) in [5.74, 6) is 0.0611. The van der Waals surface area contributed by atoms with Gasteiger partial charge < -0.3 is 10.6 Å². The highest BCUT2D eigenvalue weighted by Gasteiger charge is 2.04. The predicted octanol–water partition coefficient (Wildman–Crippen LogP) is 1.17. The Balaban J connectivity index is 3.40. The average Bonchev–Trinajstić information content (AvgIpc) is 2.35. The van der Waals surface area contributed by atoms with Crippen LogP contribution in [-0.2, 0) is 14.4 Å². The number of hydrogen-bond donors (Lipinski definition) is 2. The Hall–Kier alpha value is -1.39. The molecule has 0 aromatic carbocycles. The molecule has 0 aromatic heterocycles. The second-order valence-electron chi connectivity index (χ2n) is 4.20. The first-order valence-electron chi connectivity index (χ1n) is 6.65. The third kappa shape index (κ3) is 9.81.